The third-order valence-corrected chi connectivity index (χ3v) is 3.77. The van der Waals surface area contributed by atoms with Crippen LogP contribution in [-0.4, -0.2) is 35.5 Å². The Morgan fingerprint density at radius 3 is 1.68 bits per heavy atom. The third-order valence-electron chi connectivity index (χ3n) is 2.87. The SMILES string of the molecule is O=C(CC(=O)C(F)(F)F)c1cccc(I)c1C(=O)CC(=O)C(F)(F)F. The fourth-order valence-electron chi connectivity index (χ4n) is 1.72. The molecule has 0 aliphatic carbocycles. The second-order valence-corrected chi connectivity index (χ2v) is 5.87. The van der Waals surface area contributed by atoms with E-state index in [1.54, 1.807) is 0 Å². The number of halogens is 7. The lowest BCUT2D eigenvalue weighted by Gasteiger charge is -2.11. The summed E-state index contributed by atoms with van der Waals surface area (Å²) in [6.45, 7) is 0. The molecule has 0 saturated carbocycles. The summed E-state index contributed by atoms with van der Waals surface area (Å²) in [5, 5.41) is 0. The zero-order valence-corrected chi connectivity index (χ0v) is 14.1. The molecule has 0 aliphatic rings. The summed E-state index contributed by atoms with van der Waals surface area (Å²) in [5.74, 6) is -7.48. The first kappa shape index (κ1) is 21.3. The maximum atomic E-state index is 12.2. The molecule has 1 aromatic rings. The molecule has 0 heterocycles. The molecule has 0 saturated heterocycles. The van der Waals surface area contributed by atoms with E-state index < -0.39 is 59.5 Å². The summed E-state index contributed by atoms with van der Waals surface area (Å²) in [6, 6.07) is 3.29. The number of hydrogen-bond acceptors (Lipinski definition) is 4. The van der Waals surface area contributed by atoms with Gasteiger partial charge in [0.05, 0.1) is 12.8 Å². The highest BCUT2D eigenvalue weighted by molar-refractivity contribution is 14.1. The molecule has 4 nitrogen and oxygen atoms in total. The minimum Gasteiger partial charge on any atom is -0.294 e. The summed E-state index contributed by atoms with van der Waals surface area (Å²) < 4.78 is 73.4. The van der Waals surface area contributed by atoms with E-state index in [2.05, 4.69) is 0 Å². The van der Waals surface area contributed by atoms with Crippen LogP contribution in [0.25, 0.3) is 0 Å². The average molecular weight is 480 g/mol. The summed E-state index contributed by atoms with van der Waals surface area (Å²) in [5.41, 5.74) is -1.27. The molecule has 0 amide bonds. The first-order chi connectivity index (χ1) is 11.2. The Morgan fingerprint density at radius 2 is 1.24 bits per heavy atom. The van der Waals surface area contributed by atoms with Crippen LogP contribution in [0.4, 0.5) is 26.3 Å². The molecule has 1 rings (SSSR count). The van der Waals surface area contributed by atoms with E-state index in [1.165, 1.54) is 34.7 Å². The number of hydrogen-bond donors (Lipinski definition) is 0. The number of alkyl halides is 6. The van der Waals surface area contributed by atoms with Crippen LogP contribution >= 0.6 is 22.6 Å². The van der Waals surface area contributed by atoms with Gasteiger partial charge >= 0.3 is 12.4 Å². The normalized spacial score (nSPS) is 12.0. The summed E-state index contributed by atoms with van der Waals surface area (Å²) in [4.78, 5) is 45.6. The Bertz CT molecular complexity index is 736. The lowest BCUT2D eigenvalue weighted by Crippen LogP contribution is -2.28. The van der Waals surface area contributed by atoms with Crippen molar-refractivity contribution in [3.8, 4) is 0 Å². The van der Waals surface area contributed by atoms with Crippen LogP contribution in [0, 0.1) is 3.57 Å². The Labute approximate surface area is 149 Å². The molecule has 0 aromatic heterocycles. The van der Waals surface area contributed by atoms with E-state index in [1.807, 2.05) is 0 Å². The summed E-state index contributed by atoms with van der Waals surface area (Å²) in [7, 11) is 0. The van der Waals surface area contributed by atoms with Crippen molar-refractivity contribution in [1.29, 1.82) is 0 Å². The molecule has 11 heteroatoms. The van der Waals surface area contributed by atoms with Crippen molar-refractivity contribution in [2.24, 2.45) is 0 Å². The van der Waals surface area contributed by atoms with E-state index in [0.717, 1.165) is 6.07 Å². The van der Waals surface area contributed by atoms with Crippen molar-refractivity contribution in [2.75, 3.05) is 0 Å². The third kappa shape index (κ3) is 5.61. The number of Topliss-reactive ketones (excluding diaryl/α,β-unsaturated/α-hetero) is 4. The topological polar surface area (TPSA) is 68.3 Å². The molecule has 0 atom stereocenters. The van der Waals surface area contributed by atoms with Crippen molar-refractivity contribution in [1.82, 2.24) is 0 Å². The van der Waals surface area contributed by atoms with Crippen molar-refractivity contribution < 1.29 is 45.5 Å². The van der Waals surface area contributed by atoms with Gasteiger partial charge in [0.2, 0.25) is 11.6 Å². The predicted molar refractivity (Wildman–Crippen MR) is 79.2 cm³/mol. The standard InChI is InChI=1S/C14H7F6IO4/c15-13(16,17)10(24)4-8(22)6-2-1-3-7(21)12(6)9(23)5-11(25)14(18,19)20/h1-3H,4-5H2. The maximum Gasteiger partial charge on any atom is 0.450 e. The smallest absolute Gasteiger partial charge is 0.294 e. The highest BCUT2D eigenvalue weighted by Crippen LogP contribution is 2.25. The minimum absolute atomic E-state index is 0.0390. The number of benzene rings is 1. The van der Waals surface area contributed by atoms with Crippen molar-refractivity contribution in [3.63, 3.8) is 0 Å². The van der Waals surface area contributed by atoms with Gasteiger partial charge in [-0.25, -0.2) is 0 Å². The van der Waals surface area contributed by atoms with Gasteiger partial charge in [-0.05, 0) is 28.7 Å². The highest BCUT2D eigenvalue weighted by Gasteiger charge is 2.41. The summed E-state index contributed by atoms with van der Waals surface area (Å²) >= 11 is 1.48. The molecule has 0 N–H and O–H groups in total. The molecular formula is C14H7F6IO4. The van der Waals surface area contributed by atoms with Crippen LogP contribution in [0.3, 0.4) is 0 Å². The molecular weight excluding hydrogens is 473 g/mol. The molecule has 0 fully saturated rings. The Morgan fingerprint density at radius 1 is 0.800 bits per heavy atom. The molecule has 0 spiro atoms. The van der Waals surface area contributed by atoms with E-state index in [4.69, 9.17) is 0 Å². The number of carbonyl (C=O) groups is 4. The fraction of sp³-hybridized carbons (Fsp3) is 0.286. The molecule has 0 bridgehead atoms. The maximum absolute atomic E-state index is 12.2. The molecule has 1 aromatic carbocycles. The molecule has 0 unspecified atom stereocenters. The molecule has 0 aliphatic heterocycles. The van der Waals surface area contributed by atoms with Gasteiger partial charge in [-0.15, -0.1) is 0 Å². The second kappa shape index (κ2) is 7.62. The number of ketones is 4. The zero-order chi connectivity index (χ0) is 19.6. The van der Waals surface area contributed by atoms with Gasteiger partial charge < -0.3 is 0 Å². The molecule has 25 heavy (non-hydrogen) atoms. The minimum atomic E-state index is -5.27. The monoisotopic (exact) mass is 480 g/mol. The fourth-order valence-corrected chi connectivity index (χ4v) is 2.51. The van der Waals surface area contributed by atoms with Crippen LogP contribution in [-0.2, 0) is 9.59 Å². The Balaban J connectivity index is 3.18. The first-order valence-corrected chi connectivity index (χ1v) is 7.38. The van der Waals surface area contributed by atoms with E-state index >= 15 is 0 Å². The van der Waals surface area contributed by atoms with Gasteiger partial charge in [-0.2, -0.15) is 26.3 Å². The van der Waals surface area contributed by atoms with Crippen LogP contribution in [0.1, 0.15) is 33.6 Å². The number of rotatable bonds is 6. The quantitative estimate of drug-likeness (QED) is 0.270. The van der Waals surface area contributed by atoms with Crippen molar-refractivity contribution in [3.05, 3.63) is 32.9 Å². The van der Waals surface area contributed by atoms with Crippen molar-refractivity contribution in [2.45, 2.75) is 25.2 Å². The van der Waals surface area contributed by atoms with E-state index in [-0.39, 0.29) is 3.57 Å². The highest BCUT2D eigenvalue weighted by atomic mass is 127. The Kier molecular flexibility index (Phi) is 6.48. The predicted octanol–water partition coefficient (Wildman–Crippen LogP) is 3.70. The van der Waals surface area contributed by atoms with Crippen LogP contribution in [0.5, 0.6) is 0 Å². The largest absolute Gasteiger partial charge is 0.450 e. The van der Waals surface area contributed by atoms with Gasteiger partial charge in [0.15, 0.2) is 11.6 Å². The zero-order valence-electron chi connectivity index (χ0n) is 11.9. The van der Waals surface area contributed by atoms with Crippen LogP contribution in [0.2, 0.25) is 0 Å². The molecule has 0 radical (unpaired) electrons. The first-order valence-electron chi connectivity index (χ1n) is 6.30. The van der Waals surface area contributed by atoms with Gasteiger partial charge in [0.1, 0.15) is 0 Å². The van der Waals surface area contributed by atoms with E-state index in [9.17, 15) is 45.5 Å². The lowest BCUT2D eigenvalue weighted by atomic mass is 9.95. The van der Waals surface area contributed by atoms with E-state index in [0.29, 0.717) is 0 Å². The van der Waals surface area contributed by atoms with Gasteiger partial charge in [0.25, 0.3) is 0 Å². The summed E-state index contributed by atoms with van der Waals surface area (Å²) in [6.07, 6.45) is -13.7. The van der Waals surface area contributed by atoms with Gasteiger partial charge in [-0.3, -0.25) is 19.2 Å². The van der Waals surface area contributed by atoms with Crippen LogP contribution in [0.15, 0.2) is 18.2 Å². The number of carbonyl (C=O) groups excluding carboxylic acids is 4. The van der Waals surface area contributed by atoms with Gasteiger partial charge in [-0.1, -0.05) is 12.1 Å². The second-order valence-electron chi connectivity index (χ2n) is 4.70. The Hall–Kier alpha value is -1.79. The van der Waals surface area contributed by atoms with Crippen LogP contribution < -0.4 is 0 Å². The van der Waals surface area contributed by atoms with Gasteiger partial charge in [0, 0.05) is 14.7 Å². The lowest BCUT2D eigenvalue weighted by molar-refractivity contribution is -0.170. The molecule has 136 valence electrons. The van der Waals surface area contributed by atoms with Crippen molar-refractivity contribution >= 4 is 45.7 Å². The average Bonchev–Trinajstić information content (AvgIpc) is 2.44.